The fraction of sp³-hybridized carbons (Fsp3) is 0.500. The van der Waals surface area contributed by atoms with Gasteiger partial charge in [-0.15, -0.1) is 0 Å². The minimum atomic E-state index is -0.381. The monoisotopic (exact) mass is 197 g/mol. The van der Waals surface area contributed by atoms with Gasteiger partial charge in [-0.3, -0.25) is 0 Å². The zero-order valence-electron chi connectivity index (χ0n) is 7.56. The Morgan fingerprint density at radius 2 is 2.46 bits per heavy atom. The van der Waals surface area contributed by atoms with Crippen molar-refractivity contribution in [1.82, 2.24) is 14.6 Å². The highest BCUT2D eigenvalue weighted by molar-refractivity contribution is 7.17. The topological polar surface area (TPSA) is 50.4 Å². The van der Waals surface area contributed by atoms with Gasteiger partial charge in [-0.05, 0) is 13.3 Å². The van der Waals surface area contributed by atoms with E-state index in [4.69, 9.17) is 0 Å². The van der Waals surface area contributed by atoms with Crippen molar-refractivity contribution in [3.63, 3.8) is 0 Å². The van der Waals surface area contributed by atoms with Gasteiger partial charge in [0.05, 0.1) is 16.7 Å². The first-order valence-electron chi connectivity index (χ1n) is 4.21. The summed E-state index contributed by atoms with van der Waals surface area (Å²) in [5.74, 6) is 0. The summed E-state index contributed by atoms with van der Waals surface area (Å²) in [5.41, 5.74) is 0.992. The molecule has 0 bridgehead atoms. The number of aromatic nitrogens is 3. The number of thiazole rings is 1. The molecule has 0 saturated heterocycles. The average Bonchev–Trinajstić information content (AvgIpc) is 2.68. The Morgan fingerprint density at radius 1 is 1.69 bits per heavy atom. The second-order valence-electron chi connectivity index (χ2n) is 2.93. The molecule has 0 saturated carbocycles. The van der Waals surface area contributed by atoms with Gasteiger partial charge in [0, 0.05) is 0 Å². The van der Waals surface area contributed by atoms with Crippen molar-refractivity contribution >= 4 is 16.3 Å². The number of hydrogen-bond donors (Lipinski definition) is 1. The standard InChI is InChI=1S/C8H11N3OS/c1-3-6(12)7-5(2)11-8(13-7)9-4-10-11/h4,6,12H,3H2,1-2H3. The molecule has 70 valence electrons. The highest BCUT2D eigenvalue weighted by Crippen LogP contribution is 2.28. The van der Waals surface area contributed by atoms with E-state index >= 15 is 0 Å². The van der Waals surface area contributed by atoms with E-state index in [2.05, 4.69) is 10.1 Å². The highest BCUT2D eigenvalue weighted by atomic mass is 32.1. The van der Waals surface area contributed by atoms with Crippen LogP contribution in [-0.4, -0.2) is 19.7 Å². The summed E-state index contributed by atoms with van der Waals surface area (Å²) in [7, 11) is 0. The molecule has 0 amide bonds. The fourth-order valence-electron chi connectivity index (χ4n) is 1.30. The number of fused-ring (bicyclic) bond motifs is 1. The molecule has 1 atom stereocenters. The first-order chi connectivity index (χ1) is 6.24. The van der Waals surface area contributed by atoms with Crippen molar-refractivity contribution in [3.8, 4) is 0 Å². The van der Waals surface area contributed by atoms with E-state index in [-0.39, 0.29) is 6.10 Å². The van der Waals surface area contributed by atoms with Gasteiger partial charge >= 0.3 is 0 Å². The first kappa shape index (κ1) is 8.65. The lowest BCUT2D eigenvalue weighted by Gasteiger charge is -2.04. The summed E-state index contributed by atoms with van der Waals surface area (Å²) in [6.07, 6.45) is 1.87. The van der Waals surface area contributed by atoms with E-state index in [0.717, 1.165) is 22.0 Å². The van der Waals surface area contributed by atoms with Crippen molar-refractivity contribution in [2.45, 2.75) is 26.4 Å². The predicted octanol–water partition coefficient (Wildman–Crippen LogP) is 1.54. The quantitative estimate of drug-likeness (QED) is 0.794. The summed E-state index contributed by atoms with van der Waals surface area (Å²) in [4.78, 5) is 5.89. The van der Waals surface area contributed by atoms with Crippen molar-refractivity contribution in [2.75, 3.05) is 0 Å². The summed E-state index contributed by atoms with van der Waals surface area (Å²) in [5, 5.41) is 13.7. The van der Waals surface area contributed by atoms with E-state index < -0.39 is 0 Å². The summed E-state index contributed by atoms with van der Waals surface area (Å²) in [6, 6.07) is 0. The fourth-order valence-corrected chi connectivity index (χ4v) is 2.41. The van der Waals surface area contributed by atoms with E-state index in [0.29, 0.717) is 0 Å². The Hall–Kier alpha value is -0.940. The third-order valence-corrected chi connectivity index (χ3v) is 3.33. The molecule has 5 heteroatoms. The smallest absolute Gasteiger partial charge is 0.212 e. The van der Waals surface area contributed by atoms with E-state index in [1.807, 2.05) is 13.8 Å². The minimum absolute atomic E-state index is 0.381. The molecule has 4 nitrogen and oxygen atoms in total. The van der Waals surface area contributed by atoms with Gasteiger partial charge in [0.25, 0.3) is 0 Å². The number of hydrogen-bond acceptors (Lipinski definition) is 4. The van der Waals surface area contributed by atoms with Crippen LogP contribution in [0.4, 0.5) is 0 Å². The first-order valence-corrected chi connectivity index (χ1v) is 5.02. The Morgan fingerprint density at radius 3 is 3.08 bits per heavy atom. The number of aliphatic hydroxyl groups excluding tert-OH is 1. The van der Waals surface area contributed by atoms with Crippen LogP contribution in [0, 0.1) is 6.92 Å². The maximum atomic E-state index is 9.67. The van der Waals surface area contributed by atoms with Gasteiger partial charge in [0.2, 0.25) is 4.96 Å². The number of aliphatic hydroxyl groups is 1. The lowest BCUT2D eigenvalue weighted by Crippen LogP contribution is -1.96. The van der Waals surface area contributed by atoms with Gasteiger partial charge in [-0.25, -0.2) is 9.50 Å². The lowest BCUT2D eigenvalue weighted by molar-refractivity contribution is 0.176. The SMILES string of the molecule is CCC(O)c1sc2ncnn2c1C. The van der Waals surface area contributed by atoms with Crippen LogP contribution in [-0.2, 0) is 0 Å². The van der Waals surface area contributed by atoms with Gasteiger partial charge in [0.1, 0.15) is 6.33 Å². The number of rotatable bonds is 2. The van der Waals surface area contributed by atoms with Gasteiger partial charge in [-0.1, -0.05) is 18.3 Å². The van der Waals surface area contributed by atoms with Crippen LogP contribution in [0.2, 0.25) is 0 Å². The molecule has 0 aliphatic heterocycles. The van der Waals surface area contributed by atoms with Crippen LogP contribution in [0.5, 0.6) is 0 Å². The third-order valence-electron chi connectivity index (χ3n) is 2.08. The molecule has 1 unspecified atom stereocenters. The molecule has 0 aliphatic rings. The molecule has 0 spiro atoms. The molecular weight excluding hydrogens is 186 g/mol. The van der Waals surface area contributed by atoms with Crippen molar-refractivity contribution in [1.29, 1.82) is 0 Å². The van der Waals surface area contributed by atoms with E-state index in [1.165, 1.54) is 17.7 Å². The highest BCUT2D eigenvalue weighted by Gasteiger charge is 2.15. The number of aryl methyl sites for hydroxylation is 1. The lowest BCUT2D eigenvalue weighted by atomic mass is 10.2. The van der Waals surface area contributed by atoms with Crippen LogP contribution in [0.1, 0.15) is 30.0 Å². The molecule has 0 aromatic carbocycles. The number of nitrogens with zero attached hydrogens (tertiary/aromatic N) is 3. The maximum absolute atomic E-state index is 9.67. The molecule has 0 fully saturated rings. The van der Waals surface area contributed by atoms with Gasteiger partial charge in [0.15, 0.2) is 0 Å². The molecule has 0 radical (unpaired) electrons. The van der Waals surface area contributed by atoms with Crippen LogP contribution in [0.25, 0.3) is 4.96 Å². The van der Waals surface area contributed by atoms with Crippen LogP contribution in [0.15, 0.2) is 6.33 Å². The Kier molecular flexibility index (Phi) is 2.05. The van der Waals surface area contributed by atoms with Crippen molar-refractivity contribution in [2.24, 2.45) is 0 Å². The minimum Gasteiger partial charge on any atom is -0.388 e. The second-order valence-corrected chi connectivity index (χ2v) is 3.94. The van der Waals surface area contributed by atoms with E-state index in [1.54, 1.807) is 4.52 Å². The molecule has 2 aromatic rings. The average molecular weight is 197 g/mol. The van der Waals surface area contributed by atoms with Crippen LogP contribution in [0.3, 0.4) is 0 Å². The normalized spacial score (nSPS) is 13.8. The Balaban J connectivity index is 2.57. The molecule has 2 aromatic heterocycles. The molecule has 1 N–H and O–H groups in total. The Labute approximate surface area is 79.9 Å². The zero-order valence-corrected chi connectivity index (χ0v) is 8.38. The third kappa shape index (κ3) is 1.24. The molecular formula is C8H11N3OS. The van der Waals surface area contributed by atoms with Crippen molar-refractivity contribution in [3.05, 3.63) is 16.9 Å². The molecule has 13 heavy (non-hydrogen) atoms. The molecule has 2 heterocycles. The van der Waals surface area contributed by atoms with Crippen LogP contribution >= 0.6 is 11.3 Å². The summed E-state index contributed by atoms with van der Waals surface area (Å²) in [6.45, 7) is 3.91. The summed E-state index contributed by atoms with van der Waals surface area (Å²) >= 11 is 1.50. The van der Waals surface area contributed by atoms with E-state index in [9.17, 15) is 5.11 Å². The molecule has 2 rings (SSSR count). The predicted molar refractivity (Wildman–Crippen MR) is 50.9 cm³/mol. The largest absolute Gasteiger partial charge is 0.388 e. The molecule has 0 aliphatic carbocycles. The van der Waals surface area contributed by atoms with Gasteiger partial charge < -0.3 is 5.11 Å². The summed E-state index contributed by atoms with van der Waals surface area (Å²) < 4.78 is 1.76. The second kappa shape index (κ2) is 3.08. The van der Waals surface area contributed by atoms with Crippen LogP contribution < -0.4 is 0 Å². The zero-order chi connectivity index (χ0) is 9.42. The Bertz CT molecular complexity index is 420. The van der Waals surface area contributed by atoms with Crippen molar-refractivity contribution < 1.29 is 5.11 Å². The van der Waals surface area contributed by atoms with Gasteiger partial charge in [-0.2, -0.15) is 5.10 Å². The maximum Gasteiger partial charge on any atom is 0.212 e.